The molecule has 0 atom stereocenters. The third-order valence-electron chi connectivity index (χ3n) is 6.02. The normalized spacial score (nSPS) is 16.6. The maximum atomic E-state index is 13.1. The minimum absolute atomic E-state index is 0.0417. The first-order valence-electron chi connectivity index (χ1n) is 10.5. The quantitative estimate of drug-likeness (QED) is 0.366. The molecule has 0 spiro atoms. The lowest BCUT2D eigenvalue weighted by molar-refractivity contribution is -0.119. The first-order chi connectivity index (χ1) is 14.1. The average molecular weight is 408 g/mol. The molecule has 3 aromatic rings. The predicted octanol–water partition coefficient (Wildman–Crippen LogP) is 3.97. The molecule has 2 aromatic carbocycles. The molecule has 2 aliphatic rings. The van der Waals surface area contributed by atoms with Crippen LogP contribution in [-0.2, 0) is 11.3 Å². The first-order valence-corrected chi connectivity index (χ1v) is 11.5. The van der Waals surface area contributed by atoms with Gasteiger partial charge in [-0.2, -0.15) is 0 Å². The smallest absolute Gasteiger partial charge is 0.262 e. The Labute approximate surface area is 173 Å². The number of benzene rings is 2. The highest BCUT2D eigenvalue weighted by molar-refractivity contribution is 7.99. The molecule has 5 rings (SSSR count). The highest BCUT2D eigenvalue weighted by Gasteiger charge is 2.42. The SMILES string of the molecule is CCn1c(SCC(=O)NC(C2CC2)C2CC2)nc2cc3ccccc3cc2c1=O. The lowest BCUT2D eigenvalue weighted by Gasteiger charge is -2.18. The second-order valence-electron chi connectivity index (χ2n) is 8.22. The minimum Gasteiger partial charge on any atom is -0.352 e. The molecule has 0 bridgehead atoms. The van der Waals surface area contributed by atoms with Crippen molar-refractivity contribution in [3.8, 4) is 0 Å². The topological polar surface area (TPSA) is 64.0 Å². The number of carbonyl (C=O) groups is 1. The van der Waals surface area contributed by atoms with Crippen LogP contribution in [0.25, 0.3) is 21.7 Å². The lowest BCUT2D eigenvalue weighted by Crippen LogP contribution is -2.39. The molecule has 29 heavy (non-hydrogen) atoms. The van der Waals surface area contributed by atoms with Crippen molar-refractivity contribution >= 4 is 39.3 Å². The maximum Gasteiger partial charge on any atom is 0.262 e. The van der Waals surface area contributed by atoms with Gasteiger partial charge in [-0.3, -0.25) is 14.2 Å². The van der Waals surface area contributed by atoms with Crippen LogP contribution in [0.15, 0.2) is 46.3 Å². The van der Waals surface area contributed by atoms with Crippen LogP contribution in [0.3, 0.4) is 0 Å². The molecule has 1 N–H and O–H groups in total. The van der Waals surface area contributed by atoms with Crippen LogP contribution >= 0.6 is 11.8 Å². The van der Waals surface area contributed by atoms with E-state index in [1.807, 2.05) is 43.3 Å². The van der Waals surface area contributed by atoms with Crippen LogP contribution in [0.2, 0.25) is 0 Å². The monoisotopic (exact) mass is 407 g/mol. The number of nitrogens with zero attached hydrogens (tertiary/aromatic N) is 2. The summed E-state index contributed by atoms with van der Waals surface area (Å²) in [5.74, 6) is 1.70. The number of nitrogens with one attached hydrogen (secondary N) is 1. The fourth-order valence-electron chi connectivity index (χ4n) is 4.17. The zero-order valence-electron chi connectivity index (χ0n) is 16.6. The summed E-state index contributed by atoms with van der Waals surface area (Å²) in [4.78, 5) is 30.4. The second kappa shape index (κ2) is 7.48. The van der Waals surface area contributed by atoms with Gasteiger partial charge in [0.25, 0.3) is 5.56 Å². The fraction of sp³-hybridized carbons (Fsp3) is 0.435. The molecule has 150 valence electrons. The van der Waals surface area contributed by atoms with Crippen LogP contribution < -0.4 is 10.9 Å². The van der Waals surface area contributed by atoms with E-state index in [-0.39, 0.29) is 11.5 Å². The molecule has 2 aliphatic carbocycles. The molecule has 6 heteroatoms. The van der Waals surface area contributed by atoms with Crippen LogP contribution in [0, 0.1) is 11.8 Å². The Bertz CT molecular complexity index is 1140. The third kappa shape index (κ3) is 3.78. The second-order valence-corrected chi connectivity index (χ2v) is 9.16. The van der Waals surface area contributed by atoms with Gasteiger partial charge >= 0.3 is 0 Å². The van der Waals surface area contributed by atoms with Crippen molar-refractivity contribution in [3.63, 3.8) is 0 Å². The average Bonchev–Trinajstić information content (AvgIpc) is 3.63. The molecular weight excluding hydrogens is 382 g/mol. The van der Waals surface area contributed by atoms with E-state index in [0.717, 1.165) is 10.8 Å². The molecule has 1 aromatic heterocycles. The molecule has 0 saturated heterocycles. The van der Waals surface area contributed by atoms with E-state index in [0.29, 0.717) is 46.2 Å². The van der Waals surface area contributed by atoms with Crippen molar-refractivity contribution in [1.29, 1.82) is 0 Å². The van der Waals surface area contributed by atoms with Crippen molar-refractivity contribution in [1.82, 2.24) is 14.9 Å². The Morgan fingerprint density at radius 2 is 1.83 bits per heavy atom. The molecule has 2 fully saturated rings. The summed E-state index contributed by atoms with van der Waals surface area (Å²) >= 11 is 1.36. The number of aromatic nitrogens is 2. The maximum absolute atomic E-state index is 13.1. The zero-order chi connectivity index (χ0) is 20.0. The molecule has 1 amide bonds. The van der Waals surface area contributed by atoms with Gasteiger partial charge in [0.1, 0.15) is 0 Å². The minimum atomic E-state index is -0.0417. The van der Waals surface area contributed by atoms with Crippen LogP contribution in [-0.4, -0.2) is 27.3 Å². The Hall–Kier alpha value is -2.34. The molecular formula is C23H25N3O2S. The summed E-state index contributed by atoms with van der Waals surface area (Å²) in [6, 6.07) is 12.2. The lowest BCUT2D eigenvalue weighted by atomic mass is 10.1. The highest BCUT2D eigenvalue weighted by atomic mass is 32.2. The van der Waals surface area contributed by atoms with Crippen molar-refractivity contribution in [2.45, 2.75) is 50.4 Å². The van der Waals surface area contributed by atoms with Gasteiger partial charge in [-0.25, -0.2) is 4.98 Å². The Balaban J connectivity index is 1.40. The summed E-state index contributed by atoms with van der Waals surface area (Å²) in [7, 11) is 0. The Morgan fingerprint density at radius 3 is 2.45 bits per heavy atom. The van der Waals surface area contributed by atoms with Gasteiger partial charge in [0, 0.05) is 12.6 Å². The van der Waals surface area contributed by atoms with E-state index in [9.17, 15) is 9.59 Å². The summed E-state index contributed by atoms with van der Waals surface area (Å²) < 4.78 is 1.67. The number of hydrogen-bond acceptors (Lipinski definition) is 4. The van der Waals surface area contributed by atoms with Gasteiger partial charge in [0.2, 0.25) is 5.91 Å². The number of fused-ring (bicyclic) bond motifs is 2. The van der Waals surface area contributed by atoms with Gasteiger partial charge in [-0.15, -0.1) is 0 Å². The number of hydrogen-bond donors (Lipinski definition) is 1. The summed E-state index contributed by atoms with van der Waals surface area (Å²) in [5, 5.41) is 6.59. The van der Waals surface area contributed by atoms with Gasteiger partial charge in [0.15, 0.2) is 5.16 Å². The van der Waals surface area contributed by atoms with E-state index >= 15 is 0 Å². The van der Waals surface area contributed by atoms with Crippen LogP contribution in [0.1, 0.15) is 32.6 Å². The van der Waals surface area contributed by atoms with Crippen molar-refractivity contribution in [2.75, 3.05) is 5.75 Å². The largest absolute Gasteiger partial charge is 0.352 e. The van der Waals surface area contributed by atoms with Crippen LogP contribution in [0.4, 0.5) is 0 Å². The third-order valence-corrected chi connectivity index (χ3v) is 7.00. The number of rotatable bonds is 7. The molecule has 1 heterocycles. The van der Waals surface area contributed by atoms with Crippen molar-refractivity contribution in [2.24, 2.45) is 11.8 Å². The highest BCUT2D eigenvalue weighted by Crippen LogP contribution is 2.44. The molecule has 2 saturated carbocycles. The van der Waals surface area contributed by atoms with Crippen molar-refractivity contribution < 1.29 is 4.79 Å². The van der Waals surface area contributed by atoms with Gasteiger partial charge < -0.3 is 5.32 Å². The van der Waals surface area contributed by atoms with Gasteiger partial charge in [0.05, 0.1) is 16.7 Å². The van der Waals surface area contributed by atoms with Gasteiger partial charge in [-0.1, -0.05) is 36.0 Å². The van der Waals surface area contributed by atoms with Crippen molar-refractivity contribution in [3.05, 3.63) is 46.8 Å². The van der Waals surface area contributed by atoms with E-state index < -0.39 is 0 Å². The van der Waals surface area contributed by atoms with E-state index in [1.54, 1.807) is 4.57 Å². The number of amides is 1. The van der Waals surface area contributed by atoms with Gasteiger partial charge in [-0.05, 0) is 67.3 Å². The van der Waals surface area contributed by atoms with E-state index in [4.69, 9.17) is 4.98 Å². The molecule has 0 radical (unpaired) electrons. The van der Waals surface area contributed by atoms with E-state index in [1.165, 1.54) is 37.4 Å². The summed E-state index contributed by atoms with van der Waals surface area (Å²) in [6.07, 6.45) is 4.96. The summed E-state index contributed by atoms with van der Waals surface area (Å²) in [5.41, 5.74) is 0.648. The molecule has 5 nitrogen and oxygen atoms in total. The Kier molecular flexibility index (Phi) is 4.82. The number of thioether (sulfide) groups is 1. The molecule has 0 unspecified atom stereocenters. The standard InChI is InChI=1S/C23H25N3O2S/c1-2-26-22(28)18-11-16-5-3-4-6-17(16)12-19(18)24-23(26)29-13-20(27)25-21(14-7-8-14)15-9-10-15/h3-6,11-12,14-15,21H,2,7-10,13H2,1H3,(H,25,27). The van der Waals surface area contributed by atoms with Crippen LogP contribution in [0.5, 0.6) is 0 Å². The molecule has 0 aliphatic heterocycles. The predicted molar refractivity (Wildman–Crippen MR) is 117 cm³/mol. The Morgan fingerprint density at radius 1 is 1.17 bits per heavy atom. The fourth-order valence-corrected chi connectivity index (χ4v) is 5.04. The summed E-state index contributed by atoms with van der Waals surface area (Å²) in [6.45, 7) is 2.47. The van der Waals surface area contributed by atoms with E-state index in [2.05, 4.69) is 5.32 Å². The zero-order valence-corrected chi connectivity index (χ0v) is 17.4. The first kappa shape index (κ1) is 18.7. The number of carbonyl (C=O) groups excluding carboxylic acids is 1.